The number of aromatic nitrogens is 2. The van der Waals surface area contributed by atoms with E-state index < -0.39 is 0 Å². The predicted molar refractivity (Wildman–Crippen MR) is 102 cm³/mol. The van der Waals surface area contributed by atoms with E-state index in [-0.39, 0.29) is 0 Å². The Morgan fingerprint density at radius 3 is 2.72 bits per heavy atom. The molecular formula is C17H23N5O2S. The summed E-state index contributed by atoms with van der Waals surface area (Å²) in [4.78, 5) is 29.1. The monoisotopic (exact) mass is 361 g/mol. The summed E-state index contributed by atoms with van der Waals surface area (Å²) in [6.07, 6.45) is 4.53. The summed E-state index contributed by atoms with van der Waals surface area (Å²) < 4.78 is 0. The maximum absolute atomic E-state index is 11.8. The number of anilines is 3. The lowest BCUT2D eigenvalue weighted by Gasteiger charge is -2.23. The molecule has 1 heterocycles. The van der Waals surface area contributed by atoms with Crippen molar-refractivity contribution >= 4 is 35.4 Å². The van der Waals surface area contributed by atoms with E-state index in [0.717, 1.165) is 34.7 Å². The van der Waals surface area contributed by atoms with Gasteiger partial charge in [-0.3, -0.25) is 15.1 Å². The van der Waals surface area contributed by atoms with Gasteiger partial charge in [0.1, 0.15) is 5.82 Å². The van der Waals surface area contributed by atoms with Crippen molar-refractivity contribution in [2.24, 2.45) is 0 Å². The van der Waals surface area contributed by atoms with Crippen LogP contribution in [0.2, 0.25) is 0 Å². The molecule has 0 spiro atoms. The SMILES string of the molecule is CONc1ccc(C)c(N(C=O)Cc2cnc(SC)nc2N(C)C)c1. The standard InChI is InChI=1S/C17H23N5O2S/c1-12-6-7-14(20-24-4)8-15(12)22(11-23)10-13-9-18-17(25-5)19-16(13)21(2)3/h6-9,11,20H,10H2,1-5H3. The van der Waals surface area contributed by atoms with Crippen molar-refractivity contribution in [3.8, 4) is 0 Å². The third-order valence-corrected chi connectivity index (χ3v) is 4.19. The molecule has 25 heavy (non-hydrogen) atoms. The number of nitrogens with one attached hydrogen (secondary N) is 1. The number of amides is 1. The number of hydrogen-bond donors (Lipinski definition) is 1. The molecule has 1 amide bonds. The van der Waals surface area contributed by atoms with Gasteiger partial charge in [-0.05, 0) is 30.9 Å². The highest BCUT2D eigenvalue weighted by Gasteiger charge is 2.15. The van der Waals surface area contributed by atoms with E-state index in [2.05, 4.69) is 15.4 Å². The summed E-state index contributed by atoms with van der Waals surface area (Å²) in [6.45, 7) is 2.34. The van der Waals surface area contributed by atoms with E-state index in [9.17, 15) is 4.79 Å². The summed E-state index contributed by atoms with van der Waals surface area (Å²) >= 11 is 1.49. The fraction of sp³-hybridized carbons (Fsp3) is 0.353. The molecule has 0 bridgehead atoms. The summed E-state index contributed by atoms with van der Waals surface area (Å²) in [5, 5.41) is 0.701. The molecule has 1 aromatic carbocycles. The van der Waals surface area contributed by atoms with Crippen LogP contribution in [0.4, 0.5) is 17.2 Å². The lowest BCUT2D eigenvalue weighted by molar-refractivity contribution is -0.107. The van der Waals surface area contributed by atoms with E-state index in [1.807, 2.05) is 50.4 Å². The maximum Gasteiger partial charge on any atom is 0.214 e. The van der Waals surface area contributed by atoms with Crippen LogP contribution < -0.4 is 15.3 Å². The first-order chi connectivity index (χ1) is 12.0. The fourth-order valence-corrected chi connectivity index (χ4v) is 2.78. The van der Waals surface area contributed by atoms with Gasteiger partial charge in [0.05, 0.1) is 19.3 Å². The zero-order chi connectivity index (χ0) is 18.4. The second-order valence-electron chi connectivity index (χ2n) is 5.64. The van der Waals surface area contributed by atoms with E-state index in [0.29, 0.717) is 11.7 Å². The van der Waals surface area contributed by atoms with Crippen molar-refractivity contribution in [3.05, 3.63) is 35.5 Å². The molecule has 2 rings (SSSR count). The smallest absolute Gasteiger partial charge is 0.214 e. The van der Waals surface area contributed by atoms with Gasteiger partial charge in [-0.2, -0.15) is 0 Å². The van der Waals surface area contributed by atoms with E-state index in [1.54, 1.807) is 18.2 Å². The number of hydrogen-bond acceptors (Lipinski definition) is 7. The average Bonchev–Trinajstić information content (AvgIpc) is 2.61. The van der Waals surface area contributed by atoms with E-state index >= 15 is 0 Å². The van der Waals surface area contributed by atoms with Crippen LogP contribution in [0.15, 0.2) is 29.6 Å². The molecule has 0 aliphatic carbocycles. The molecule has 0 fully saturated rings. The Labute approximate surface area is 152 Å². The molecule has 0 saturated carbocycles. The van der Waals surface area contributed by atoms with Crippen molar-refractivity contribution in [2.45, 2.75) is 18.6 Å². The number of carbonyl (C=O) groups excluding carboxylic acids is 1. The topological polar surface area (TPSA) is 70.6 Å². The molecule has 2 aromatic rings. The van der Waals surface area contributed by atoms with Gasteiger partial charge in [0, 0.05) is 31.5 Å². The van der Waals surface area contributed by atoms with Gasteiger partial charge >= 0.3 is 0 Å². The van der Waals surface area contributed by atoms with Crippen molar-refractivity contribution in [1.82, 2.24) is 9.97 Å². The van der Waals surface area contributed by atoms with E-state index in [1.165, 1.54) is 11.8 Å². The molecular weight excluding hydrogens is 338 g/mol. The van der Waals surface area contributed by atoms with Crippen molar-refractivity contribution in [1.29, 1.82) is 0 Å². The van der Waals surface area contributed by atoms with Crippen LogP contribution in [0.5, 0.6) is 0 Å². The minimum Gasteiger partial charge on any atom is -0.362 e. The van der Waals surface area contributed by atoms with Crippen LogP contribution in [0.3, 0.4) is 0 Å². The minimum absolute atomic E-state index is 0.378. The lowest BCUT2D eigenvalue weighted by Crippen LogP contribution is -2.24. The average molecular weight is 361 g/mol. The molecule has 0 unspecified atom stereocenters. The molecule has 0 radical (unpaired) electrons. The molecule has 134 valence electrons. The zero-order valence-electron chi connectivity index (χ0n) is 15.1. The highest BCUT2D eigenvalue weighted by Crippen LogP contribution is 2.27. The molecule has 0 aliphatic rings. The predicted octanol–water partition coefficient (Wildman–Crippen LogP) is 2.71. The molecule has 0 atom stereocenters. The first-order valence-corrected chi connectivity index (χ1v) is 8.91. The largest absolute Gasteiger partial charge is 0.362 e. The maximum atomic E-state index is 11.8. The Kier molecular flexibility index (Phi) is 6.60. The van der Waals surface area contributed by atoms with Gasteiger partial charge in [-0.15, -0.1) is 0 Å². The highest BCUT2D eigenvalue weighted by molar-refractivity contribution is 7.98. The molecule has 7 nitrogen and oxygen atoms in total. The fourth-order valence-electron chi connectivity index (χ4n) is 2.44. The van der Waals surface area contributed by atoms with Crippen LogP contribution in [-0.4, -0.2) is 43.8 Å². The first kappa shape index (κ1) is 19.0. The van der Waals surface area contributed by atoms with Crippen LogP contribution in [0.25, 0.3) is 0 Å². The number of aryl methyl sites for hydroxylation is 1. The lowest BCUT2D eigenvalue weighted by atomic mass is 10.1. The third kappa shape index (κ3) is 4.61. The van der Waals surface area contributed by atoms with Crippen molar-refractivity contribution in [2.75, 3.05) is 42.7 Å². The van der Waals surface area contributed by atoms with Gasteiger partial charge < -0.3 is 9.80 Å². The molecule has 0 saturated heterocycles. The normalized spacial score (nSPS) is 10.4. The summed E-state index contributed by atoms with van der Waals surface area (Å²) in [6, 6.07) is 5.71. The quantitative estimate of drug-likeness (QED) is 0.335. The number of rotatable bonds is 8. The Bertz CT molecular complexity index is 739. The Balaban J connectivity index is 2.37. The summed E-state index contributed by atoms with van der Waals surface area (Å²) in [5.74, 6) is 0.801. The van der Waals surface area contributed by atoms with Crippen LogP contribution >= 0.6 is 11.8 Å². The van der Waals surface area contributed by atoms with Crippen molar-refractivity contribution < 1.29 is 9.63 Å². The second kappa shape index (κ2) is 8.68. The molecule has 1 N–H and O–H groups in total. The van der Waals surface area contributed by atoms with Gasteiger partial charge in [0.25, 0.3) is 0 Å². The van der Waals surface area contributed by atoms with Gasteiger partial charge in [0.2, 0.25) is 6.41 Å². The third-order valence-electron chi connectivity index (χ3n) is 3.63. The van der Waals surface area contributed by atoms with Gasteiger partial charge in [-0.25, -0.2) is 9.97 Å². The minimum atomic E-state index is 0.378. The number of nitrogens with zero attached hydrogens (tertiary/aromatic N) is 4. The first-order valence-electron chi connectivity index (χ1n) is 7.69. The van der Waals surface area contributed by atoms with Gasteiger partial charge in [-0.1, -0.05) is 17.8 Å². The summed E-state index contributed by atoms with van der Waals surface area (Å²) in [7, 11) is 5.40. The zero-order valence-corrected chi connectivity index (χ0v) is 15.9. The second-order valence-corrected chi connectivity index (χ2v) is 6.41. The highest BCUT2D eigenvalue weighted by atomic mass is 32.2. The van der Waals surface area contributed by atoms with Crippen molar-refractivity contribution in [3.63, 3.8) is 0 Å². The Morgan fingerprint density at radius 2 is 2.12 bits per heavy atom. The Morgan fingerprint density at radius 1 is 1.36 bits per heavy atom. The number of thioether (sulfide) groups is 1. The molecule has 1 aromatic heterocycles. The Hall–Kier alpha value is -2.32. The summed E-state index contributed by atoms with van der Waals surface area (Å²) in [5.41, 5.74) is 6.22. The van der Waals surface area contributed by atoms with Gasteiger partial charge in [0.15, 0.2) is 5.16 Å². The number of carbonyl (C=O) groups is 1. The van der Waals surface area contributed by atoms with Crippen LogP contribution in [-0.2, 0) is 16.2 Å². The van der Waals surface area contributed by atoms with Crippen LogP contribution in [0, 0.1) is 6.92 Å². The molecule has 8 heteroatoms. The van der Waals surface area contributed by atoms with Crippen LogP contribution in [0.1, 0.15) is 11.1 Å². The number of benzene rings is 1. The molecule has 0 aliphatic heterocycles. The van der Waals surface area contributed by atoms with E-state index in [4.69, 9.17) is 4.84 Å².